The number of carbonyl (C=O) groups is 3. The van der Waals surface area contributed by atoms with Gasteiger partial charge in [0.15, 0.2) is 11.5 Å². The number of carbonyl (C=O) groups excluding carboxylic acids is 3. The fraction of sp³-hybridized carbons (Fsp3) is 0.0769. The molecule has 0 unspecified atom stereocenters. The van der Waals surface area contributed by atoms with E-state index in [1.807, 2.05) is 0 Å². The number of esters is 1. The maximum absolute atomic E-state index is 14.8. The van der Waals surface area contributed by atoms with Gasteiger partial charge in [0.25, 0.3) is 11.8 Å². The second-order valence-electron chi connectivity index (χ2n) is 7.48. The minimum Gasteiger partial charge on any atom is -0.461 e. The number of hydrogen-bond donors (Lipinski definition) is 0. The fourth-order valence-corrected chi connectivity index (χ4v) is 3.58. The molecule has 0 bridgehead atoms. The van der Waals surface area contributed by atoms with Gasteiger partial charge in [-0.25, -0.2) is 32.2 Å². The number of anilines is 1. The Balaban J connectivity index is 2.06. The van der Waals surface area contributed by atoms with Crippen molar-refractivity contribution in [2.24, 2.45) is 0 Å². The number of hydrogen-bond acceptors (Lipinski definition) is 5. The van der Waals surface area contributed by atoms with Gasteiger partial charge >= 0.3 is 5.97 Å². The maximum atomic E-state index is 14.8. The summed E-state index contributed by atoms with van der Waals surface area (Å²) < 4.78 is 64.5. The highest BCUT2D eigenvalue weighted by Gasteiger charge is 2.37. The lowest BCUT2D eigenvalue weighted by molar-refractivity contribution is 0.0521. The Labute approximate surface area is 207 Å². The van der Waals surface area contributed by atoms with Crippen LogP contribution in [0.4, 0.5) is 23.4 Å². The largest absolute Gasteiger partial charge is 0.461 e. The number of imidazole rings is 1. The topological polar surface area (TPSA) is 81.5 Å². The summed E-state index contributed by atoms with van der Waals surface area (Å²) >= 11 is 0. The van der Waals surface area contributed by atoms with E-state index < -0.39 is 69.4 Å². The predicted molar refractivity (Wildman–Crippen MR) is 123 cm³/mol. The average Bonchev–Trinajstić information content (AvgIpc) is 3.29. The molecule has 0 aliphatic rings. The summed E-state index contributed by atoms with van der Waals surface area (Å²) in [5.74, 6) is -8.98. The Hall–Kier alpha value is -4.80. The molecule has 1 heterocycles. The number of imide groups is 1. The molecule has 3 aromatic carbocycles. The van der Waals surface area contributed by atoms with Crippen molar-refractivity contribution in [3.63, 3.8) is 0 Å². The van der Waals surface area contributed by atoms with Crippen molar-refractivity contribution in [1.29, 1.82) is 0 Å². The lowest BCUT2D eigenvalue weighted by atomic mass is 10.1. The highest BCUT2D eigenvalue weighted by Crippen LogP contribution is 2.31. The molecule has 0 aliphatic heterocycles. The van der Waals surface area contributed by atoms with Crippen LogP contribution in [-0.2, 0) is 4.74 Å². The number of benzene rings is 3. The molecule has 11 heteroatoms. The number of rotatable bonds is 6. The van der Waals surface area contributed by atoms with Crippen LogP contribution in [0.3, 0.4) is 0 Å². The standard InChI is InChI=1S/C26H17F4N3O4/c1-2-37-26(36)21-23(32(14-31-21)22-19(29)12-7-13-20(22)30)33(24(34)15-8-3-5-10-17(15)27)25(35)16-9-4-6-11-18(16)28/h3-14H,2H2,1H3. The highest BCUT2D eigenvalue weighted by molar-refractivity contribution is 6.26. The van der Waals surface area contributed by atoms with E-state index in [-0.39, 0.29) is 11.5 Å². The van der Waals surface area contributed by atoms with Gasteiger partial charge in [0.1, 0.15) is 35.3 Å². The first-order valence-corrected chi connectivity index (χ1v) is 10.8. The zero-order valence-electron chi connectivity index (χ0n) is 19.1. The smallest absolute Gasteiger partial charge is 0.360 e. The minimum atomic E-state index is -1.35. The first-order valence-electron chi connectivity index (χ1n) is 10.8. The predicted octanol–water partition coefficient (Wildman–Crippen LogP) is 5.09. The summed E-state index contributed by atoms with van der Waals surface area (Å²) in [6.07, 6.45) is 0.791. The molecule has 0 atom stereocenters. The fourth-order valence-electron chi connectivity index (χ4n) is 3.58. The normalized spacial score (nSPS) is 10.7. The van der Waals surface area contributed by atoms with Crippen LogP contribution in [0.2, 0.25) is 0 Å². The van der Waals surface area contributed by atoms with Crippen molar-refractivity contribution in [2.45, 2.75) is 6.92 Å². The van der Waals surface area contributed by atoms with Crippen molar-refractivity contribution in [3.05, 3.63) is 113 Å². The van der Waals surface area contributed by atoms with Crippen molar-refractivity contribution < 1.29 is 36.7 Å². The van der Waals surface area contributed by atoms with E-state index in [1.165, 1.54) is 31.2 Å². The van der Waals surface area contributed by atoms with Crippen molar-refractivity contribution in [1.82, 2.24) is 9.55 Å². The molecule has 0 N–H and O–H groups in total. The molecular formula is C26H17F4N3O4. The van der Waals surface area contributed by atoms with Crippen LogP contribution < -0.4 is 4.90 Å². The van der Waals surface area contributed by atoms with Crippen LogP contribution >= 0.6 is 0 Å². The van der Waals surface area contributed by atoms with Gasteiger partial charge in [-0.3, -0.25) is 14.2 Å². The van der Waals surface area contributed by atoms with Gasteiger partial charge in [-0.2, -0.15) is 0 Å². The van der Waals surface area contributed by atoms with Gasteiger partial charge in [0.2, 0.25) is 0 Å². The Morgan fingerprint density at radius 2 is 1.27 bits per heavy atom. The molecule has 37 heavy (non-hydrogen) atoms. The molecule has 0 saturated heterocycles. The Morgan fingerprint density at radius 1 is 0.784 bits per heavy atom. The number of ether oxygens (including phenoxy) is 1. The summed E-state index contributed by atoms with van der Waals surface area (Å²) in [6, 6.07) is 12.0. The summed E-state index contributed by atoms with van der Waals surface area (Å²) in [5, 5.41) is 0. The number of halogens is 4. The lowest BCUT2D eigenvalue weighted by Gasteiger charge is -2.24. The van der Waals surface area contributed by atoms with Crippen LogP contribution in [0.25, 0.3) is 5.69 Å². The van der Waals surface area contributed by atoms with Crippen molar-refractivity contribution in [3.8, 4) is 5.69 Å². The van der Waals surface area contributed by atoms with Gasteiger partial charge in [-0.15, -0.1) is 0 Å². The lowest BCUT2D eigenvalue weighted by Crippen LogP contribution is -2.40. The van der Waals surface area contributed by atoms with E-state index in [0.717, 1.165) is 48.8 Å². The molecule has 188 valence electrons. The zero-order valence-corrected chi connectivity index (χ0v) is 19.1. The summed E-state index contributed by atoms with van der Waals surface area (Å²) in [4.78, 5) is 44.1. The van der Waals surface area contributed by atoms with Crippen LogP contribution in [0.1, 0.15) is 38.1 Å². The van der Waals surface area contributed by atoms with E-state index in [2.05, 4.69) is 4.98 Å². The molecule has 0 spiro atoms. The molecule has 1 aromatic heterocycles. The molecule has 0 radical (unpaired) electrons. The molecular weight excluding hydrogens is 494 g/mol. The molecule has 4 aromatic rings. The molecule has 2 amide bonds. The number of amides is 2. The third-order valence-electron chi connectivity index (χ3n) is 5.22. The molecule has 0 fully saturated rings. The first kappa shape index (κ1) is 25.3. The third-order valence-corrected chi connectivity index (χ3v) is 5.22. The maximum Gasteiger partial charge on any atom is 0.360 e. The van der Waals surface area contributed by atoms with E-state index in [9.17, 15) is 31.9 Å². The van der Waals surface area contributed by atoms with E-state index >= 15 is 0 Å². The van der Waals surface area contributed by atoms with Crippen LogP contribution in [-0.4, -0.2) is 33.9 Å². The Morgan fingerprint density at radius 3 is 1.76 bits per heavy atom. The van der Waals surface area contributed by atoms with Gasteiger partial charge in [-0.05, 0) is 43.3 Å². The van der Waals surface area contributed by atoms with Crippen LogP contribution in [0, 0.1) is 23.3 Å². The van der Waals surface area contributed by atoms with Gasteiger partial charge in [0.05, 0.1) is 17.7 Å². The van der Waals surface area contributed by atoms with Crippen LogP contribution in [0.5, 0.6) is 0 Å². The van der Waals surface area contributed by atoms with Gasteiger partial charge < -0.3 is 4.74 Å². The average molecular weight is 511 g/mol. The van der Waals surface area contributed by atoms with Crippen molar-refractivity contribution in [2.75, 3.05) is 11.5 Å². The van der Waals surface area contributed by atoms with Gasteiger partial charge in [-0.1, -0.05) is 30.3 Å². The summed E-state index contributed by atoms with van der Waals surface area (Å²) in [5.41, 5.74) is -2.76. The van der Waals surface area contributed by atoms with Crippen molar-refractivity contribution >= 4 is 23.6 Å². The highest BCUT2D eigenvalue weighted by atomic mass is 19.1. The van der Waals surface area contributed by atoms with E-state index in [4.69, 9.17) is 4.74 Å². The van der Waals surface area contributed by atoms with Crippen LogP contribution in [0.15, 0.2) is 73.1 Å². The molecule has 4 rings (SSSR count). The molecule has 0 aliphatic carbocycles. The van der Waals surface area contributed by atoms with E-state index in [1.54, 1.807) is 0 Å². The Bertz CT molecular complexity index is 1440. The SMILES string of the molecule is CCOC(=O)c1ncn(-c2c(F)cccc2F)c1N(C(=O)c1ccccc1F)C(=O)c1ccccc1F. The first-order chi connectivity index (χ1) is 17.8. The number of aromatic nitrogens is 2. The summed E-state index contributed by atoms with van der Waals surface area (Å²) in [7, 11) is 0. The van der Waals surface area contributed by atoms with Gasteiger partial charge in [0, 0.05) is 0 Å². The quantitative estimate of drug-likeness (QED) is 0.205. The second-order valence-corrected chi connectivity index (χ2v) is 7.48. The van der Waals surface area contributed by atoms with E-state index in [0.29, 0.717) is 4.57 Å². The summed E-state index contributed by atoms with van der Waals surface area (Å²) in [6.45, 7) is 1.32. The number of nitrogens with zero attached hydrogens (tertiary/aromatic N) is 3. The molecule has 0 saturated carbocycles. The molecule has 7 nitrogen and oxygen atoms in total. The monoisotopic (exact) mass is 511 g/mol. The third kappa shape index (κ3) is 4.70. The minimum absolute atomic E-state index is 0.151. The number of para-hydroxylation sites is 1. The second kappa shape index (κ2) is 10.4. The Kier molecular flexibility index (Phi) is 7.14. The zero-order chi connectivity index (χ0) is 26.7.